The number of nitrogens with one attached hydrogen (secondary N) is 1. The van der Waals surface area contributed by atoms with E-state index in [0.29, 0.717) is 29.7 Å². The van der Waals surface area contributed by atoms with E-state index in [1.165, 1.54) is 17.2 Å². The van der Waals surface area contributed by atoms with Crippen LogP contribution in [0.25, 0.3) is 10.9 Å². The summed E-state index contributed by atoms with van der Waals surface area (Å²) in [4.78, 5) is 21.2. The fraction of sp³-hybridized carbons (Fsp3) is 0.227. The predicted molar refractivity (Wildman–Crippen MR) is 118 cm³/mol. The highest BCUT2D eigenvalue weighted by molar-refractivity contribution is 5.98. The average Bonchev–Trinajstić information content (AvgIpc) is 3.26. The average molecular weight is 457 g/mol. The molecule has 1 fully saturated rings. The van der Waals surface area contributed by atoms with Crippen LogP contribution >= 0.6 is 0 Å². The molecule has 4 aromatic heterocycles. The zero-order valence-corrected chi connectivity index (χ0v) is 18.1. The number of aromatic nitrogens is 8. The summed E-state index contributed by atoms with van der Waals surface area (Å²) in [5, 5.41) is 18.6. The molecule has 1 saturated carbocycles. The van der Waals surface area contributed by atoms with Gasteiger partial charge in [-0.05, 0) is 47.5 Å². The summed E-state index contributed by atoms with van der Waals surface area (Å²) in [6.45, 7) is 2.52. The van der Waals surface area contributed by atoms with Gasteiger partial charge in [-0.25, -0.2) is 19.4 Å². The topological polar surface area (TPSA) is 139 Å². The molecule has 34 heavy (non-hydrogen) atoms. The zero-order chi connectivity index (χ0) is 23.1. The molecule has 0 atom stereocenters. The second kappa shape index (κ2) is 7.76. The van der Waals surface area contributed by atoms with Gasteiger partial charge in [-0.3, -0.25) is 9.88 Å². The number of benzene rings is 1. The molecule has 0 radical (unpaired) electrons. The first kappa shape index (κ1) is 20.0. The standard InChI is InChI=1S/C22H19N9O3/c1-22(5-6-22)18-10-19(27-34-18)26-21(32)31-7-4-14-8-16(2-3-17(14)31)33-20-9-15(23-12-24-20)11-30-13-25-28-29-30/h2-4,7-10,12-13H,5-6,11H2,1H3,(H,26,27,32). The molecular weight excluding hydrogens is 438 g/mol. The van der Waals surface area contributed by atoms with Crippen LogP contribution in [0.3, 0.4) is 0 Å². The van der Waals surface area contributed by atoms with Gasteiger partial charge in [0.2, 0.25) is 5.88 Å². The Morgan fingerprint density at radius 2 is 2.12 bits per heavy atom. The van der Waals surface area contributed by atoms with Crippen molar-refractivity contribution in [2.45, 2.75) is 31.7 Å². The Hall–Kier alpha value is -4.61. The monoisotopic (exact) mass is 457 g/mol. The highest BCUT2D eigenvalue weighted by Gasteiger charge is 2.43. The minimum atomic E-state index is -0.326. The van der Waals surface area contributed by atoms with Crippen LogP contribution in [-0.2, 0) is 12.0 Å². The van der Waals surface area contributed by atoms with Gasteiger partial charge in [0.1, 0.15) is 24.2 Å². The Balaban J connectivity index is 1.17. The maximum atomic E-state index is 12.8. The summed E-state index contributed by atoms with van der Waals surface area (Å²) in [6, 6.07) is 10.4. The van der Waals surface area contributed by atoms with E-state index in [9.17, 15) is 4.79 Å². The number of anilines is 1. The molecule has 5 aromatic rings. The summed E-state index contributed by atoms with van der Waals surface area (Å²) in [7, 11) is 0. The molecule has 4 heterocycles. The molecule has 12 heteroatoms. The summed E-state index contributed by atoms with van der Waals surface area (Å²) >= 11 is 0. The number of amides is 1. The first-order chi connectivity index (χ1) is 16.6. The van der Waals surface area contributed by atoms with Gasteiger partial charge in [0.25, 0.3) is 0 Å². The van der Waals surface area contributed by atoms with E-state index in [4.69, 9.17) is 9.26 Å². The molecule has 0 saturated heterocycles. The van der Waals surface area contributed by atoms with Gasteiger partial charge in [-0.1, -0.05) is 12.1 Å². The van der Waals surface area contributed by atoms with Crippen molar-refractivity contribution < 1.29 is 14.1 Å². The largest absolute Gasteiger partial charge is 0.439 e. The fourth-order valence-electron chi connectivity index (χ4n) is 3.64. The van der Waals surface area contributed by atoms with Gasteiger partial charge in [0.05, 0.1) is 17.8 Å². The third kappa shape index (κ3) is 3.85. The molecule has 6 rings (SSSR count). The Labute approximate surface area is 192 Å². The Morgan fingerprint density at radius 3 is 2.94 bits per heavy atom. The van der Waals surface area contributed by atoms with Crippen LogP contribution in [0.5, 0.6) is 11.6 Å². The van der Waals surface area contributed by atoms with Crippen LogP contribution in [0, 0.1) is 0 Å². The number of tetrazole rings is 1. The van der Waals surface area contributed by atoms with E-state index < -0.39 is 0 Å². The number of carbonyl (C=O) groups is 1. The van der Waals surface area contributed by atoms with E-state index in [1.807, 2.05) is 18.2 Å². The molecule has 0 spiro atoms. The van der Waals surface area contributed by atoms with Crippen molar-refractivity contribution in [2.75, 3.05) is 5.32 Å². The van der Waals surface area contributed by atoms with Crippen molar-refractivity contribution in [2.24, 2.45) is 0 Å². The van der Waals surface area contributed by atoms with Gasteiger partial charge >= 0.3 is 6.03 Å². The van der Waals surface area contributed by atoms with Crippen LogP contribution in [0.4, 0.5) is 10.6 Å². The number of ether oxygens (including phenoxy) is 1. The summed E-state index contributed by atoms with van der Waals surface area (Å²) in [5.41, 5.74) is 1.47. The highest BCUT2D eigenvalue weighted by Crippen LogP contribution is 2.48. The van der Waals surface area contributed by atoms with Crippen LogP contribution in [0.2, 0.25) is 0 Å². The van der Waals surface area contributed by atoms with Gasteiger partial charge < -0.3 is 9.26 Å². The van der Waals surface area contributed by atoms with Crippen molar-refractivity contribution in [3.63, 3.8) is 0 Å². The minimum Gasteiger partial charge on any atom is -0.439 e. The highest BCUT2D eigenvalue weighted by atomic mass is 16.5. The van der Waals surface area contributed by atoms with Crippen LogP contribution in [0.15, 0.2) is 59.8 Å². The van der Waals surface area contributed by atoms with Crippen molar-refractivity contribution in [3.05, 3.63) is 66.7 Å². The third-order valence-electron chi connectivity index (χ3n) is 5.86. The van der Waals surface area contributed by atoms with E-state index in [2.05, 4.69) is 42.9 Å². The second-order valence-electron chi connectivity index (χ2n) is 8.43. The number of rotatable bonds is 6. The summed E-state index contributed by atoms with van der Waals surface area (Å²) in [5.74, 6) is 2.17. The SMILES string of the molecule is CC1(c2cc(NC(=O)n3ccc4cc(Oc5cc(Cn6cnnn6)ncn5)ccc43)no2)CC1. The zero-order valence-electron chi connectivity index (χ0n) is 18.1. The first-order valence-corrected chi connectivity index (χ1v) is 10.6. The second-order valence-corrected chi connectivity index (χ2v) is 8.43. The molecule has 1 N–H and O–H groups in total. The minimum absolute atomic E-state index is 0.0462. The van der Waals surface area contributed by atoms with Crippen molar-refractivity contribution in [1.82, 2.24) is 39.9 Å². The van der Waals surface area contributed by atoms with Crippen molar-refractivity contribution in [3.8, 4) is 11.6 Å². The van der Waals surface area contributed by atoms with Gasteiger partial charge in [0, 0.05) is 29.1 Å². The quantitative estimate of drug-likeness (QED) is 0.406. The van der Waals surface area contributed by atoms with E-state index in [-0.39, 0.29) is 11.4 Å². The smallest absolute Gasteiger partial charge is 0.331 e. The number of hydrogen-bond donors (Lipinski definition) is 1. The Morgan fingerprint density at radius 1 is 1.21 bits per heavy atom. The van der Waals surface area contributed by atoms with Crippen molar-refractivity contribution >= 4 is 22.8 Å². The molecular formula is C22H19N9O3. The number of carbonyl (C=O) groups excluding carboxylic acids is 1. The Bertz CT molecular complexity index is 1480. The summed E-state index contributed by atoms with van der Waals surface area (Å²) in [6.07, 6.45) is 6.76. The van der Waals surface area contributed by atoms with E-state index >= 15 is 0 Å². The number of hydrogen-bond acceptors (Lipinski definition) is 9. The normalized spacial score (nSPS) is 14.3. The molecule has 0 unspecified atom stereocenters. The van der Waals surface area contributed by atoms with E-state index in [0.717, 1.165) is 29.5 Å². The van der Waals surface area contributed by atoms with Gasteiger partial charge in [-0.2, -0.15) is 0 Å². The molecule has 0 aliphatic heterocycles. The lowest BCUT2D eigenvalue weighted by Gasteiger charge is -2.07. The molecule has 170 valence electrons. The van der Waals surface area contributed by atoms with Gasteiger partial charge in [0.15, 0.2) is 5.82 Å². The maximum absolute atomic E-state index is 12.8. The third-order valence-corrected chi connectivity index (χ3v) is 5.86. The fourth-order valence-corrected chi connectivity index (χ4v) is 3.64. The lowest BCUT2D eigenvalue weighted by molar-refractivity contribution is 0.254. The first-order valence-electron chi connectivity index (χ1n) is 10.6. The number of nitrogens with zero attached hydrogens (tertiary/aromatic N) is 8. The lowest BCUT2D eigenvalue weighted by atomic mass is 10.1. The lowest BCUT2D eigenvalue weighted by Crippen LogP contribution is -2.18. The molecule has 0 bridgehead atoms. The maximum Gasteiger partial charge on any atom is 0.331 e. The number of fused-ring (bicyclic) bond motifs is 1. The molecule has 1 aromatic carbocycles. The summed E-state index contributed by atoms with van der Waals surface area (Å²) < 4.78 is 14.4. The predicted octanol–water partition coefficient (Wildman–Crippen LogP) is 3.38. The molecule has 1 aliphatic rings. The van der Waals surface area contributed by atoms with Gasteiger partial charge in [-0.15, -0.1) is 5.10 Å². The molecule has 12 nitrogen and oxygen atoms in total. The Kier molecular flexibility index (Phi) is 4.57. The molecule has 1 aliphatic carbocycles. The van der Waals surface area contributed by atoms with E-state index in [1.54, 1.807) is 29.1 Å². The molecule has 1 amide bonds. The van der Waals surface area contributed by atoms with Crippen molar-refractivity contribution in [1.29, 1.82) is 0 Å². The van der Waals surface area contributed by atoms with Crippen LogP contribution < -0.4 is 10.1 Å². The van der Waals surface area contributed by atoms with Crippen LogP contribution in [0.1, 0.15) is 31.2 Å². The van der Waals surface area contributed by atoms with Crippen LogP contribution in [-0.4, -0.2) is 45.9 Å².